The van der Waals surface area contributed by atoms with E-state index in [-0.39, 0.29) is 0 Å². The Kier molecular flexibility index (Phi) is 5.04. The van der Waals surface area contributed by atoms with Gasteiger partial charge in [0.1, 0.15) is 16.8 Å². The zero-order valence-corrected chi connectivity index (χ0v) is 19.0. The van der Waals surface area contributed by atoms with Crippen molar-refractivity contribution in [1.82, 2.24) is 9.97 Å². The highest BCUT2D eigenvalue weighted by molar-refractivity contribution is 7.19. The Morgan fingerprint density at radius 3 is 2.52 bits per heavy atom. The highest BCUT2D eigenvalue weighted by Gasteiger charge is 2.40. The summed E-state index contributed by atoms with van der Waals surface area (Å²) in [5.74, 6) is 0.747. The SMILES string of the molecule is OC1(c2ccccc2)C/C(=N\Nc2ncnc3sc4c(c23)CCCC4)C=C1c1ccccc1. The zero-order chi connectivity index (χ0) is 22.3. The molecule has 6 rings (SSSR count). The van der Waals surface area contributed by atoms with E-state index in [2.05, 4.69) is 15.4 Å². The normalized spacial score (nSPS) is 21.2. The van der Waals surface area contributed by atoms with Gasteiger partial charge in [0.25, 0.3) is 0 Å². The lowest BCUT2D eigenvalue weighted by atomic mass is 9.84. The van der Waals surface area contributed by atoms with Crippen LogP contribution in [-0.4, -0.2) is 20.8 Å². The van der Waals surface area contributed by atoms with Gasteiger partial charge in [-0.1, -0.05) is 60.7 Å². The summed E-state index contributed by atoms with van der Waals surface area (Å²) in [7, 11) is 0. The fraction of sp³-hybridized carbons (Fsp3) is 0.222. The first-order chi connectivity index (χ1) is 16.2. The maximum atomic E-state index is 11.8. The van der Waals surface area contributed by atoms with E-state index in [0.717, 1.165) is 51.3 Å². The van der Waals surface area contributed by atoms with Gasteiger partial charge in [-0.2, -0.15) is 5.10 Å². The molecule has 0 saturated carbocycles. The highest BCUT2D eigenvalue weighted by atomic mass is 32.1. The average Bonchev–Trinajstić information content (AvgIpc) is 3.42. The molecular formula is C27H24N4OS. The second kappa shape index (κ2) is 8.21. The number of benzene rings is 2. The smallest absolute Gasteiger partial charge is 0.158 e. The molecule has 0 aliphatic heterocycles. The van der Waals surface area contributed by atoms with Gasteiger partial charge in [0, 0.05) is 11.3 Å². The van der Waals surface area contributed by atoms with Crippen LogP contribution in [0.5, 0.6) is 0 Å². The van der Waals surface area contributed by atoms with Crippen LogP contribution in [0.1, 0.15) is 40.8 Å². The van der Waals surface area contributed by atoms with Crippen molar-refractivity contribution in [2.75, 3.05) is 5.43 Å². The molecule has 0 spiro atoms. The van der Waals surface area contributed by atoms with Gasteiger partial charge in [-0.3, -0.25) is 5.43 Å². The summed E-state index contributed by atoms with van der Waals surface area (Å²) in [4.78, 5) is 11.5. The van der Waals surface area contributed by atoms with Crippen LogP contribution in [0.3, 0.4) is 0 Å². The average molecular weight is 453 g/mol. The molecule has 2 aromatic heterocycles. The molecule has 2 N–H and O–H groups in total. The summed E-state index contributed by atoms with van der Waals surface area (Å²) in [6.45, 7) is 0. The van der Waals surface area contributed by atoms with Crippen molar-refractivity contribution in [3.8, 4) is 0 Å². The van der Waals surface area contributed by atoms with E-state index in [9.17, 15) is 5.11 Å². The Bertz CT molecular complexity index is 1380. The standard InChI is InChI=1S/C27H24N4OS/c32-27(19-11-5-2-6-12-19)16-20(15-22(27)18-9-3-1-4-10-18)30-31-25-24-21-13-7-8-14-23(21)33-26(24)29-17-28-25/h1-6,9-12,15,17,32H,7-8,13-14,16H2,(H,28,29,31)/b30-20-. The third-order valence-electron chi connectivity index (χ3n) is 6.59. The van der Waals surface area contributed by atoms with Gasteiger partial charge in [0.05, 0.1) is 11.1 Å². The highest BCUT2D eigenvalue weighted by Crippen LogP contribution is 2.44. The van der Waals surface area contributed by atoms with Crippen LogP contribution in [0.25, 0.3) is 15.8 Å². The Morgan fingerprint density at radius 2 is 1.70 bits per heavy atom. The number of aromatic nitrogens is 2. The maximum Gasteiger partial charge on any atom is 0.158 e. The molecule has 0 bridgehead atoms. The predicted molar refractivity (Wildman–Crippen MR) is 134 cm³/mol. The summed E-state index contributed by atoms with van der Waals surface area (Å²) in [5.41, 5.74) is 6.95. The molecule has 0 radical (unpaired) electrons. The first-order valence-electron chi connectivity index (χ1n) is 11.4. The molecule has 33 heavy (non-hydrogen) atoms. The van der Waals surface area contributed by atoms with Gasteiger partial charge in [0.2, 0.25) is 0 Å². The first-order valence-corrected chi connectivity index (χ1v) is 12.2. The van der Waals surface area contributed by atoms with Crippen molar-refractivity contribution >= 4 is 38.7 Å². The molecule has 4 aromatic rings. The zero-order valence-electron chi connectivity index (χ0n) is 18.2. The van der Waals surface area contributed by atoms with Crippen LogP contribution in [0.4, 0.5) is 5.82 Å². The molecule has 0 saturated heterocycles. The fourth-order valence-corrected chi connectivity index (χ4v) is 6.21. The fourth-order valence-electron chi connectivity index (χ4n) is 4.98. The maximum absolute atomic E-state index is 11.8. The molecule has 2 aromatic carbocycles. The van der Waals surface area contributed by atoms with Gasteiger partial charge in [-0.05, 0) is 54.0 Å². The topological polar surface area (TPSA) is 70.4 Å². The molecule has 164 valence electrons. The van der Waals surface area contributed by atoms with E-state index < -0.39 is 5.60 Å². The van der Waals surface area contributed by atoms with Crippen molar-refractivity contribution in [3.63, 3.8) is 0 Å². The van der Waals surface area contributed by atoms with Gasteiger partial charge in [-0.25, -0.2) is 9.97 Å². The van der Waals surface area contributed by atoms with Crippen molar-refractivity contribution in [3.05, 3.63) is 94.6 Å². The van der Waals surface area contributed by atoms with Gasteiger partial charge in [-0.15, -0.1) is 11.3 Å². The van der Waals surface area contributed by atoms with E-state index in [4.69, 9.17) is 5.10 Å². The second-order valence-corrected chi connectivity index (χ2v) is 9.74. The monoisotopic (exact) mass is 452 g/mol. The van der Waals surface area contributed by atoms with Crippen molar-refractivity contribution in [2.45, 2.75) is 37.7 Å². The minimum Gasteiger partial charge on any atom is -0.380 e. The first kappa shape index (κ1) is 20.3. The van der Waals surface area contributed by atoms with E-state index in [1.165, 1.54) is 23.3 Å². The van der Waals surface area contributed by atoms with Crippen LogP contribution in [-0.2, 0) is 18.4 Å². The van der Waals surface area contributed by atoms with E-state index in [0.29, 0.717) is 6.42 Å². The number of allylic oxidation sites excluding steroid dienone is 1. The molecule has 1 unspecified atom stereocenters. The number of hydrogen-bond donors (Lipinski definition) is 2. The molecule has 0 amide bonds. The molecule has 6 heteroatoms. The van der Waals surface area contributed by atoms with Crippen LogP contribution < -0.4 is 5.43 Å². The molecule has 2 aliphatic carbocycles. The number of aliphatic hydroxyl groups is 1. The summed E-state index contributed by atoms with van der Waals surface area (Å²) in [6, 6.07) is 19.9. The number of fused-ring (bicyclic) bond motifs is 3. The molecular weight excluding hydrogens is 428 g/mol. The largest absolute Gasteiger partial charge is 0.380 e. The lowest BCUT2D eigenvalue weighted by Crippen LogP contribution is -2.25. The lowest BCUT2D eigenvalue weighted by Gasteiger charge is -2.27. The Morgan fingerprint density at radius 1 is 0.939 bits per heavy atom. The lowest BCUT2D eigenvalue weighted by molar-refractivity contribution is 0.113. The number of anilines is 1. The number of nitrogens with zero attached hydrogens (tertiary/aromatic N) is 3. The Hall–Kier alpha value is -3.35. The summed E-state index contributed by atoms with van der Waals surface area (Å²) in [6.07, 6.45) is 8.63. The number of hydrazone groups is 1. The van der Waals surface area contributed by atoms with Gasteiger partial charge >= 0.3 is 0 Å². The van der Waals surface area contributed by atoms with Crippen LogP contribution in [0, 0.1) is 0 Å². The number of aryl methyl sites for hydroxylation is 2. The minimum absolute atomic E-state index is 0.393. The number of hydrogen-bond acceptors (Lipinski definition) is 6. The van der Waals surface area contributed by atoms with Crippen molar-refractivity contribution in [1.29, 1.82) is 0 Å². The Balaban J connectivity index is 1.39. The van der Waals surface area contributed by atoms with Crippen LogP contribution >= 0.6 is 11.3 Å². The molecule has 2 heterocycles. The third kappa shape index (κ3) is 3.56. The molecule has 0 fully saturated rings. The summed E-state index contributed by atoms with van der Waals surface area (Å²) in [5, 5.41) is 17.7. The van der Waals surface area contributed by atoms with E-state index in [1.54, 1.807) is 17.7 Å². The van der Waals surface area contributed by atoms with Crippen LogP contribution in [0.2, 0.25) is 0 Å². The van der Waals surface area contributed by atoms with Gasteiger partial charge in [0.15, 0.2) is 5.82 Å². The molecule has 2 aliphatic rings. The third-order valence-corrected chi connectivity index (χ3v) is 7.79. The van der Waals surface area contributed by atoms with Gasteiger partial charge < -0.3 is 5.11 Å². The number of rotatable bonds is 4. The van der Waals surface area contributed by atoms with Crippen LogP contribution in [0.15, 0.2) is 78.2 Å². The number of thiophene rings is 1. The summed E-state index contributed by atoms with van der Waals surface area (Å²) < 4.78 is 0. The van der Waals surface area contributed by atoms with Crippen molar-refractivity contribution in [2.24, 2.45) is 5.10 Å². The predicted octanol–water partition coefficient (Wildman–Crippen LogP) is 5.71. The minimum atomic E-state index is -1.13. The van der Waals surface area contributed by atoms with E-state index >= 15 is 0 Å². The number of nitrogens with one attached hydrogen (secondary N) is 1. The Labute approximate surface area is 196 Å². The van der Waals surface area contributed by atoms with Crippen molar-refractivity contribution < 1.29 is 5.11 Å². The molecule has 1 atom stereocenters. The summed E-state index contributed by atoms with van der Waals surface area (Å²) >= 11 is 1.78. The van der Waals surface area contributed by atoms with E-state index in [1.807, 2.05) is 66.7 Å². The second-order valence-electron chi connectivity index (χ2n) is 8.66. The molecule has 5 nitrogen and oxygen atoms in total. The quantitative estimate of drug-likeness (QED) is 0.389.